The number of nitrogens with one attached hydrogen (secondary N) is 1. The third-order valence-electron chi connectivity index (χ3n) is 4.73. The normalized spacial score (nSPS) is 28.9. The average molecular weight is 276 g/mol. The Hall–Kier alpha value is -1.36. The Morgan fingerprint density at radius 3 is 2.95 bits per heavy atom. The highest BCUT2D eigenvalue weighted by Gasteiger charge is 2.44. The summed E-state index contributed by atoms with van der Waals surface area (Å²) < 4.78 is 1.85. The number of likely N-dealkylation sites (tertiary alicyclic amines) is 1. The first-order valence-corrected chi connectivity index (χ1v) is 7.75. The van der Waals surface area contributed by atoms with E-state index in [-0.39, 0.29) is 5.91 Å². The number of aromatic nitrogens is 2. The summed E-state index contributed by atoms with van der Waals surface area (Å²) in [7, 11) is 0. The third kappa shape index (κ3) is 2.04. The Labute approximate surface area is 120 Å². The van der Waals surface area contributed by atoms with Gasteiger partial charge < -0.3 is 10.2 Å². The van der Waals surface area contributed by atoms with Crippen LogP contribution in [-0.2, 0) is 13.0 Å². The van der Waals surface area contributed by atoms with E-state index < -0.39 is 0 Å². The number of amides is 1. The summed E-state index contributed by atoms with van der Waals surface area (Å²) in [6, 6.07) is 2.67. The predicted molar refractivity (Wildman–Crippen MR) is 77.7 cm³/mol. The molecule has 1 aromatic rings. The van der Waals surface area contributed by atoms with Crippen molar-refractivity contribution >= 4 is 5.91 Å². The van der Waals surface area contributed by atoms with Crippen molar-refractivity contribution in [3.05, 3.63) is 17.5 Å². The minimum Gasteiger partial charge on any atom is -0.330 e. The van der Waals surface area contributed by atoms with Crippen LogP contribution >= 0.6 is 0 Å². The molecule has 3 atom stereocenters. The van der Waals surface area contributed by atoms with E-state index in [1.807, 2.05) is 17.7 Å². The number of carbonyl (C=O) groups is 1. The Bertz CT molecular complexity index is 510. The smallest absolute Gasteiger partial charge is 0.272 e. The van der Waals surface area contributed by atoms with Gasteiger partial charge in [-0.1, -0.05) is 6.92 Å². The zero-order chi connectivity index (χ0) is 14.3. The quantitative estimate of drug-likeness (QED) is 0.905. The van der Waals surface area contributed by atoms with Gasteiger partial charge in [-0.25, -0.2) is 0 Å². The Balaban J connectivity index is 1.90. The molecule has 110 valence electrons. The maximum Gasteiger partial charge on any atom is 0.272 e. The molecule has 5 nitrogen and oxygen atoms in total. The summed E-state index contributed by atoms with van der Waals surface area (Å²) in [5.74, 6) is 0.778. The number of hydrogen-bond donors (Lipinski definition) is 1. The molecule has 5 heteroatoms. The van der Waals surface area contributed by atoms with Crippen LogP contribution in [0, 0.1) is 5.92 Å². The van der Waals surface area contributed by atoms with Crippen LogP contribution in [0.25, 0.3) is 0 Å². The number of hydrogen-bond acceptors (Lipinski definition) is 3. The van der Waals surface area contributed by atoms with Crippen LogP contribution in [0.15, 0.2) is 6.07 Å². The van der Waals surface area contributed by atoms with E-state index in [9.17, 15) is 4.79 Å². The lowest BCUT2D eigenvalue weighted by atomic mass is 10.0. The molecule has 0 saturated carbocycles. The maximum atomic E-state index is 12.9. The summed E-state index contributed by atoms with van der Waals surface area (Å²) in [5, 5.41) is 7.91. The van der Waals surface area contributed by atoms with Gasteiger partial charge in [0, 0.05) is 31.7 Å². The van der Waals surface area contributed by atoms with E-state index >= 15 is 0 Å². The van der Waals surface area contributed by atoms with Crippen LogP contribution in [-0.4, -0.2) is 45.8 Å². The van der Waals surface area contributed by atoms with Gasteiger partial charge in [0.1, 0.15) is 5.69 Å². The molecular formula is C15H24N4O. The van der Waals surface area contributed by atoms with Gasteiger partial charge in [0.05, 0.1) is 5.69 Å². The molecule has 1 aromatic heterocycles. The molecule has 2 saturated heterocycles. The highest BCUT2D eigenvalue weighted by molar-refractivity contribution is 5.93. The minimum atomic E-state index is 0.155. The highest BCUT2D eigenvalue weighted by atomic mass is 16.2. The van der Waals surface area contributed by atoms with Gasteiger partial charge in [0.25, 0.3) is 5.91 Å². The van der Waals surface area contributed by atoms with Gasteiger partial charge in [-0.15, -0.1) is 0 Å². The van der Waals surface area contributed by atoms with Gasteiger partial charge in [-0.2, -0.15) is 5.10 Å². The number of carbonyl (C=O) groups excluding carboxylic acids is 1. The molecule has 0 spiro atoms. The summed E-state index contributed by atoms with van der Waals surface area (Å²) >= 11 is 0. The van der Waals surface area contributed by atoms with Crippen LogP contribution in [0.2, 0.25) is 0 Å². The van der Waals surface area contributed by atoms with E-state index in [1.165, 1.54) is 0 Å². The topological polar surface area (TPSA) is 50.2 Å². The second-order valence-corrected chi connectivity index (χ2v) is 5.97. The minimum absolute atomic E-state index is 0.155. The van der Waals surface area contributed by atoms with Gasteiger partial charge in [0.2, 0.25) is 0 Å². The van der Waals surface area contributed by atoms with E-state index in [1.54, 1.807) is 0 Å². The zero-order valence-corrected chi connectivity index (χ0v) is 12.6. The van der Waals surface area contributed by atoms with E-state index in [0.717, 1.165) is 43.9 Å². The molecule has 1 N–H and O–H groups in total. The van der Waals surface area contributed by atoms with Crippen molar-refractivity contribution in [2.75, 3.05) is 13.1 Å². The Morgan fingerprint density at radius 2 is 2.25 bits per heavy atom. The van der Waals surface area contributed by atoms with Gasteiger partial charge in [0.15, 0.2) is 0 Å². The molecule has 0 aliphatic carbocycles. The van der Waals surface area contributed by atoms with Crippen molar-refractivity contribution in [2.45, 2.75) is 52.2 Å². The first-order chi connectivity index (χ1) is 9.65. The number of fused-ring (bicyclic) bond motifs is 1. The fourth-order valence-corrected chi connectivity index (χ4v) is 3.70. The number of rotatable bonds is 3. The largest absolute Gasteiger partial charge is 0.330 e. The van der Waals surface area contributed by atoms with Crippen molar-refractivity contribution in [1.82, 2.24) is 20.0 Å². The van der Waals surface area contributed by atoms with Crippen LogP contribution in [0.3, 0.4) is 0 Å². The van der Waals surface area contributed by atoms with Crippen molar-refractivity contribution in [2.24, 2.45) is 5.92 Å². The standard InChI is InChI=1S/C15H24N4O/c1-4-12-7-13(18(5-2)17-12)15(20)19-10(3)6-11-8-16-9-14(11)19/h7,10-11,14,16H,4-6,8-9H2,1-3H3. The maximum absolute atomic E-state index is 12.9. The second-order valence-electron chi connectivity index (χ2n) is 5.97. The molecular weight excluding hydrogens is 252 g/mol. The summed E-state index contributed by atoms with van der Waals surface area (Å²) in [4.78, 5) is 15.0. The lowest BCUT2D eigenvalue weighted by molar-refractivity contribution is 0.0669. The van der Waals surface area contributed by atoms with Crippen LogP contribution in [0.5, 0.6) is 0 Å². The monoisotopic (exact) mass is 276 g/mol. The van der Waals surface area contributed by atoms with Crippen LogP contribution in [0.4, 0.5) is 0 Å². The molecule has 20 heavy (non-hydrogen) atoms. The van der Waals surface area contributed by atoms with Crippen molar-refractivity contribution in [3.8, 4) is 0 Å². The molecule has 2 aliphatic heterocycles. The van der Waals surface area contributed by atoms with Crippen molar-refractivity contribution < 1.29 is 4.79 Å². The molecule has 3 unspecified atom stereocenters. The highest BCUT2D eigenvalue weighted by Crippen LogP contribution is 2.33. The predicted octanol–water partition coefficient (Wildman–Crippen LogP) is 1.29. The molecule has 0 aromatic carbocycles. The Kier molecular flexibility index (Phi) is 3.54. The summed E-state index contributed by atoms with van der Waals surface area (Å²) in [6.45, 7) is 9.01. The van der Waals surface area contributed by atoms with Crippen molar-refractivity contribution in [1.29, 1.82) is 0 Å². The van der Waals surface area contributed by atoms with E-state index in [4.69, 9.17) is 0 Å². The lowest BCUT2D eigenvalue weighted by Gasteiger charge is -2.27. The van der Waals surface area contributed by atoms with Crippen molar-refractivity contribution in [3.63, 3.8) is 0 Å². The zero-order valence-electron chi connectivity index (χ0n) is 12.6. The molecule has 2 fully saturated rings. The SMILES string of the molecule is CCc1cc(C(=O)N2C(C)CC3CNCC32)n(CC)n1. The molecule has 0 radical (unpaired) electrons. The molecule has 2 aliphatic rings. The van der Waals surface area contributed by atoms with Crippen LogP contribution in [0.1, 0.15) is 43.4 Å². The van der Waals surface area contributed by atoms with Gasteiger partial charge in [-0.05, 0) is 38.7 Å². The van der Waals surface area contributed by atoms with Crippen LogP contribution < -0.4 is 5.32 Å². The summed E-state index contributed by atoms with van der Waals surface area (Å²) in [5.41, 5.74) is 1.76. The van der Waals surface area contributed by atoms with E-state index in [2.05, 4.69) is 29.2 Å². The number of nitrogens with zero attached hydrogens (tertiary/aromatic N) is 3. The first-order valence-electron chi connectivity index (χ1n) is 7.75. The molecule has 1 amide bonds. The molecule has 3 rings (SSSR count). The van der Waals surface area contributed by atoms with E-state index in [0.29, 0.717) is 18.0 Å². The fourth-order valence-electron chi connectivity index (χ4n) is 3.70. The fraction of sp³-hybridized carbons (Fsp3) is 0.733. The molecule has 0 bridgehead atoms. The number of aryl methyl sites for hydroxylation is 2. The third-order valence-corrected chi connectivity index (χ3v) is 4.73. The lowest BCUT2D eigenvalue weighted by Crippen LogP contribution is -2.43. The van der Waals surface area contributed by atoms with Gasteiger partial charge in [-0.3, -0.25) is 9.48 Å². The average Bonchev–Trinajstić information content (AvgIpc) is 3.10. The van der Waals surface area contributed by atoms with Gasteiger partial charge >= 0.3 is 0 Å². The first kappa shape index (κ1) is 13.6. The summed E-state index contributed by atoms with van der Waals surface area (Å²) in [6.07, 6.45) is 1.99. The molecule has 3 heterocycles. The Morgan fingerprint density at radius 1 is 1.45 bits per heavy atom. The second kappa shape index (κ2) is 5.20.